The third kappa shape index (κ3) is 4.27. The molecule has 0 aliphatic rings. The topological polar surface area (TPSA) is 75.7 Å². The van der Waals surface area contributed by atoms with E-state index in [1.54, 1.807) is 24.8 Å². The molecular weight excluding hydrogens is 274 g/mol. The average molecular weight is 291 g/mol. The van der Waals surface area contributed by atoms with E-state index >= 15 is 0 Å². The monoisotopic (exact) mass is 291 g/mol. The van der Waals surface area contributed by atoms with Crippen LogP contribution < -0.4 is 10.1 Å². The lowest BCUT2D eigenvalue weighted by molar-refractivity contribution is 0.299. The van der Waals surface area contributed by atoms with Crippen LogP contribution in [0.15, 0.2) is 24.8 Å². The Morgan fingerprint density at radius 2 is 2.20 bits per heavy atom. The van der Waals surface area contributed by atoms with E-state index < -0.39 is 0 Å². The zero-order valence-corrected chi connectivity index (χ0v) is 12.1. The molecule has 106 valence electrons. The molecule has 20 heavy (non-hydrogen) atoms. The van der Waals surface area contributed by atoms with Crippen molar-refractivity contribution in [3.63, 3.8) is 0 Å². The lowest BCUT2D eigenvalue weighted by atomic mass is 10.3. The van der Waals surface area contributed by atoms with Crippen LogP contribution >= 0.6 is 12.2 Å². The molecule has 0 aliphatic carbocycles. The second-order valence-corrected chi connectivity index (χ2v) is 4.58. The maximum Gasteiger partial charge on any atom is 0.198 e. The summed E-state index contributed by atoms with van der Waals surface area (Å²) in [6.07, 6.45) is 8.74. The van der Waals surface area contributed by atoms with Gasteiger partial charge in [-0.1, -0.05) is 13.3 Å². The summed E-state index contributed by atoms with van der Waals surface area (Å²) >= 11 is 5.03. The summed E-state index contributed by atoms with van der Waals surface area (Å²) in [7, 11) is 0. The Labute approximate surface area is 122 Å². The third-order valence-electron chi connectivity index (χ3n) is 2.60. The van der Waals surface area contributed by atoms with Crippen molar-refractivity contribution in [3.8, 4) is 5.75 Å². The fourth-order valence-electron chi connectivity index (χ4n) is 1.57. The Kier molecular flexibility index (Phi) is 5.43. The van der Waals surface area contributed by atoms with Gasteiger partial charge in [0.1, 0.15) is 12.4 Å². The average Bonchev–Trinajstić information content (AvgIpc) is 2.48. The van der Waals surface area contributed by atoms with Crippen molar-refractivity contribution in [2.45, 2.75) is 26.4 Å². The Hall–Kier alpha value is -2.02. The third-order valence-corrected chi connectivity index (χ3v) is 2.81. The minimum Gasteiger partial charge on any atom is -0.482 e. The number of anilines is 1. The van der Waals surface area contributed by atoms with Crippen LogP contribution in [0.2, 0.25) is 0 Å². The van der Waals surface area contributed by atoms with Crippen molar-refractivity contribution in [1.82, 2.24) is 19.9 Å². The van der Waals surface area contributed by atoms with Gasteiger partial charge in [-0.2, -0.15) is 0 Å². The molecule has 0 saturated heterocycles. The van der Waals surface area contributed by atoms with Crippen molar-refractivity contribution < 1.29 is 4.74 Å². The van der Waals surface area contributed by atoms with Crippen molar-refractivity contribution in [3.05, 3.63) is 35.3 Å². The van der Waals surface area contributed by atoms with Crippen LogP contribution in [0.3, 0.4) is 0 Å². The van der Waals surface area contributed by atoms with Gasteiger partial charge in [0.2, 0.25) is 0 Å². The standard InChI is InChI=1S/C13H17N5OS/c1-2-3-4-16-12-11(8-17-13(20)18-12)19-9-10-7-14-5-6-15-10/h5-8H,2-4,9H2,1H3,(H2,16,17,18,20). The number of H-pyrrole nitrogens is 1. The second kappa shape index (κ2) is 7.54. The molecule has 0 spiro atoms. The van der Waals surface area contributed by atoms with E-state index in [2.05, 4.69) is 32.2 Å². The molecule has 0 radical (unpaired) electrons. The zero-order chi connectivity index (χ0) is 14.2. The van der Waals surface area contributed by atoms with Gasteiger partial charge in [-0.25, -0.2) is 4.98 Å². The van der Waals surface area contributed by atoms with E-state index in [0.29, 0.717) is 17.1 Å². The number of ether oxygens (including phenoxy) is 1. The summed E-state index contributed by atoms with van der Waals surface area (Å²) in [6, 6.07) is 0. The number of nitrogens with one attached hydrogen (secondary N) is 2. The van der Waals surface area contributed by atoms with Gasteiger partial charge < -0.3 is 15.0 Å². The molecule has 0 aromatic carbocycles. The highest BCUT2D eigenvalue weighted by Gasteiger charge is 2.05. The predicted molar refractivity (Wildman–Crippen MR) is 79.2 cm³/mol. The molecule has 2 aromatic heterocycles. The van der Waals surface area contributed by atoms with Crippen LogP contribution in [0.1, 0.15) is 25.5 Å². The van der Waals surface area contributed by atoms with Crippen molar-refractivity contribution in [1.29, 1.82) is 0 Å². The largest absolute Gasteiger partial charge is 0.482 e. The fourth-order valence-corrected chi connectivity index (χ4v) is 1.72. The van der Waals surface area contributed by atoms with Gasteiger partial charge in [0.05, 0.1) is 18.1 Å². The molecule has 0 bridgehead atoms. The van der Waals surface area contributed by atoms with Gasteiger partial charge in [-0.15, -0.1) is 0 Å². The smallest absolute Gasteiger partial charge is 0.198 e. The number of aromatic nitrogens is 4. The number of hydrogen-bond donors (Lipinski definition) is 2. The van der Waals surface area contributed by atoms with Crippen molar-refractivity contribution in [2.75, 3.05) is 11.9 Å². The number of rotatable bonds is 7. The molecule has 0 unspecified atom stereocenters. The molecule has 0 aliphatic heterocycles. The Balaban J connectivity index is 2.04. The van der Waals surface area contributed by atoms with Crippen molar-refractivity contribution in [2.24, 2.45) is 0 Å². The molecule has 6 nitrogen and oxygen atoms in total. The molecule has 7 heteroatoms. The molecule has 2 aromatic rings. The van der Waals surface area contributed by atoms with Crippen LogP contribution in [0.5, 0.6) is 5.75 Å². The highest BCUT2D eigenvalue weighted by atomic mass is 32.1. The first kappa shape index (κ1) is 14.4. The minimum absolute atomic E-state index is 0.336. The summed E-state index contributed by atoms with van der Waals surface area (Å²) in [5.41, 5.74) is 0.759. The normalized spacial score (nSPS) is 10.2. The quantitative estimate of drug-likeness (QED) is 0.603. The first-order valence-electron chi connectivity index (χ1n) is 6.50. The van der Waals surface area contributed by atoms with Crippen LogP contribution in [-0.2, 0) is 6.61 Å². The minimum atomic E-state index is 0.336. The molecular formula is C13H17N5OS. The van der Waals surface area contributed by atoms with Crippen molar-refractivity contribution >= 4 is 18.0 Å². The first-order valence-corrected chi connectivity index (χ1v) is 6.91. The summed E-state index contributed by atoms with van der Waals surface area (Å²) < 4.78 is 6.13. The lowest BCUT2D eigenvalue weighted by Crippen LogP contribution is -2.07. The fraction of sp³-hybridized carbons (Fsp3) is 0.385. The molecule has 2 N–H and O–H groups in total. The van der Waals surface area contributed by atoms with Crippen LogP contribution in [0.25, 0.3) is 0 Å². The zero-order valence-electron chi connectivity index (χ0n) is 11.3. The number of hydrogen-bond acceptors (Lipinski definition) is 6. The van der Waals surface area contributed by atoms with Gasteiger partial charge in [0.15, 0.2) is 10.5 Å². The molecule has 2 rings (SSSR count). The van der Waals surface area contributed by atoms with E-state index in [1.165, 1.54) is 0 Å². The van der Waals surface area contributed by atoms with E-state index in [0.717, 1.165) is 30.9 Å². The highest BCUT2D eigenvalue weighted by molar-refractivity contribution is 7.71. The molecule has 2 heterocycles. The Morgan fingerprint density at radius 1 is 1.30 bits per heavy atom. The molecule has 0 saturated carbocycles. The summed E-state index contributed by atoms with van der Waals surface area (Å²) in [4.78, 5) is 15.2. The summed E-state index contributed by atoms with van der Waals surface area (Å²) in [5, 5.41) is 3.27. The van der Waals surface area contributed by atoms with Gasteiger partial charge >= 0.3 is 0 Å². The van der Waals surface area contributed by atoms with E-state index in [9.17, 15) is 0 Å². The lowest BCUT2D eigenvalue weighted by Gasteiger charge is -2.12. The Bertz CT molecular complexity index is 587. The maximum atomic E-state index is 5.70. The van der Waals surface area contributed by atoms with E-state index in [1.807, 2.05) is 0 Å². The molecule has 0 amide bonds. The maximum absolute atomic E-state index is 5.70. The van der Waals surface area contributed by atoms with Crippen LogP contribution in [0, 0.1) is 4.77 Å². The first-order chi connectivity index (χ1) is 9.79. The van der Waals surface area contributed by atoms with Crippen LogP contribution in [-0.4, -0.2) is 26.5 Å². The second-order valence-electron chi connectivity index (χ2n) is 4.19. The van der Waals surface area contributed by atoms with Gasteiger partial charge in [-0.05, 0) is 18.6 Å². The predicted octanol–water partition coefficient (Wildman–Crippen LogP) is 2.72. The number of unbranched alkanes of at least 4 members (excludes halogenated alkanes) is 1. The summed E-state index contributed by atoms with van der Waals surface area (Å²) in [5.74, 6) is 1.38. The molecule has 0 atom stereocenters. The number of aromatic amines is 1. The summed E-state index contributed by atoms with van der Waals surface area (Å²) in [6.45, 7) is 3.33. The highest BCUT2D eigenvalue weighted by Crippen LogP contribution is 2.21. The van der Waals surface area contributed by atoms with Gasteiger partial charge in [0, 0.05) is 18.9 Å². The molecule has 0 fully saturated rings. The van der Waals surface area contributed by atoms with E-state index in [-0.39, 0.29) is 0 Å². The SMILES string of the molecule is CCCCNc1[nH]c(=S)ncc1OCc1cnccn1. The number of nitrogens with zero attached hydrogens (tertiary/aromatic N) is 3. The Morgan fingerprint density at radius 3 is 2.95 bits per heavy atom. The van der Waals surface area contributed by atoms with Gasteiger partial charge in [0.25, 0.3) is 0 Å². The van der Waals surface area contributed by atoms with E-state index in [4.69, 9.17) is 17.0 Å². The van der Waals surface area contributed by atoms with Gasteiger partial charge in [-0.3, -0.25) is 9.97 Å². The van der Waals surface area contributed by atoms with Crippen LogP contribution in [0.4, 0.5) is 5.82 Å².